The molecule has 0 aliphatic heterocycles. The second-order valence-electron chi connectivity index (χ2n) is 5.43. The van der Waals surface area contributed by atoms with Crippen molar-refractivity contribution in [2.24, 2.45) is 0 Å². The van der Waals surface area contributed by atoms with Crippen molar-refractivity contribution in [3.8, 4) is 11.8 Å². The number of carbonyl (C=O) groups is 1. The van der Waals surface area contributed by atoms with Gasteiger partial charge < -0.3 is 10.4 Å². The highest BCUT2D eigenvalue weighted by atomic mass is 79.9. The maximum atomic E-state index is 11.9. The largest absolute Gasteiger partial charge is 0.381 e. The standard InChI is InChI=1S/C17H22BrNO2/c1-4-5-6-7-8-10-13-14(18)11-9-12-15(13)19-16(20)17(2,3)21/h9,11-12,21H,4-7H2,1-3H3,(H,19,20). The number of anilines is 1. The molecule has 0 aliphatic rings. The van der Waals surface area contributed by atoms with Crippen molar-refractivity contribution in [1.29, 1.82) is 0 Å². The van der Waals surface area contributed by atoms with Crippen LogP contribution in [-0.4, -0.2) is 16.6 Å². The van der Waals surface area contributed by atoms with E-state index in [1.54, 1.807) is 6.07 Å². The van der Waals surface area contributed by atoms with Crippen LogP contribution >= 0.6 is 15.9 Å². The molecule has 0 unspecified atom stereocenters. The van der Waals surface area contributed by atoms with Gasteiger partial charge in [0, 0.05) is 10.9 Å². The number of benzene rings is 1. The van der Waals surface area contributed by atoms with Crippen LogP contribution in [0.25, 0.3) is 0 Å². The quantitative estimate of drug-likeness (QED) is 0.619. The summed E-state index contributed by atoms with van der Waals surface area (Å²) < 4.78 is 0.832. The minimum absolute atomic E-state index is 0.449. The molecule has 1 aromatic carbocycles. The molecule has 114 valence electrons. The first-order valence-electron chi connectivity index (χ1n) is 7.17. The van der Waals surface area contributed by atoms with Gasteiger partial charge in [-0.15, -0.1) is 0 Å². The molecule has 1 amide bonds. The van der Waals surface area contributed by atoms with E-state index in [1.807, 2.05) is 12.1 Å². The van der Waals surface area contributed by atoms with Gasteiger partial charge in [0.25, 0.3) is 5.91 Å². The van der Waals surface area contributed by atoms with E-state index in [4.69, 9.17) is 0 Å². The van der Waals surface area contributed by atoms with E-state index in [0.29, 0.717) is 5.69 Å². The summed E-state index contributed by atoms with van der Waals surface area (Å²) in [7, 11) is 0. The highest BCUT2D eigenvalue weighted by molar-refractivity contribution is 9.10. The molecule has 0 radical (unpaired) electrons. The summed E-state index contributed by atoms with van der Waals surface area (Å²) in [6.07, 6.45) is 4.27. The number of hydrogen-bond donors (Lipinski definition) is 2. The van der Waals surface area contributed by atoms with Gasteiger partial charge in [-0.3, -0.25) is 4.79 Å². The van der Waals surface area contributed by atoms with Crippen LogP contribution in [0.4, 0.5) is 5.69 Å². The van der Waals surface area contributed by atoms with Crippen LogP contribution in [0.2, 0.25) is 0 Å². The first-order chi connectivity index (χ1) is 9.86. The smallest absolute Gasteiger partial charge is 0.255 e. The Bertz CT molecular complexity index is 550. The Morgan fingerprint density at radius 2 is 2.10 bits per heavy atom. The Kier molecular flexibility index (Phi) is 6.94. The molecule has 0 aromatic heterocycles. The maximum absolute atomic E-state index is 11.9. The molecule has 0 heterocycles. The van der Waals surface area contributed by atoms with Crippen LogP contribution in [0.3, 0.4) is 0 Å². The van der Waals surface area contributed by atoms with Gasteiger partial charge in [0.1, 0.15) is 5.60 Å². The highest BCUT2D eigenvalue weighted by Gasteiger charge is 2.24. The van der Waals surface area contributed by atoms with E-state index in [9.17, 15) is 9.90 Å². The zero-order chi connectivity index (χ0) is 15.9. The lowest BCUT2D eigenvalue weighted by molar-refractivity contribution is -0.130. The highest BCUT2D eigenvalue weighted by Crippen LogP contribution is 2.24. The van der Waals surface area contributed by atoms with Gasteiger partial charge in [0.2, 0.25) is 0 Å². The summed E-state index contributed by atoms with van der Waals surface area (Å²) in [4.78, 5) is 11.9. The van der Waals surface area contributed by atoms with Gasteiger partial charge >= 0.3 is 0 Å². The monoisotopic (exact) mass is 351 g/mol. The van der Waals surface area contributed by atoms with Crippen LogP contribution in [0.1, 0.15) is 52.0 Å². The number of nitrogens with one attached hydrogen (secondary N) is 1. The van der Waals surface area contributed by atoms with E-state index >= 15 is 0 Å². The molecule has 2 N–H and O–H groups in total. The number of unbranched alkanes of at least 4 members (excludes halogenated alkanes) is 3. The minimum atomic E-state index is -1.42. The van der Waals surface area contributed by atoms with Gasteiger partial charge in [-0.1, -0.05) is 37.7 Å². The Labute approximate surface area is 135 Å². The molecule has 0 saturated carbocycles. The van der Waals surface area contributed by atoms with Crippen molar-refractivity contribution in [3.05, 3.63) is 28.2 Å². The SMILES string of the molecule is CCCCCC#Cc1c(Br)cccc1NC(=O)C(C)(C)O. The average molecular weight is 352 g/mol. The van der Waals surface area contributed by atoms with Gasteiger partial charge in [-0.2, -0.15) is 0 Å². The van der Waals surface area contributed by atoms with Crippen molar-refractivity contribution in [1.82, 2.24) is 0 Å². The summed E-state index contributed by atoms with van der Waals surface area (Å²) in [6.45, 7) is 5.07. The van der Waals surface area contributed by atoms with Crippen LogP contribution in [-0.2, 0) is 4.79 Å². The zero-order valence-corrected chi connectivity index (χ0v) is 14.4. The fourth-order valence-corrected chi connectivity index (χ4v) is 2.11. The summed E-state index contributed by atoms with van der Waals surface area (Å²) in [5.74, 6) is 5.79. The molecule has 0 bridgehead atoms. The predicted octanol–water partition coefficient (Wildman–Crippen LogP) is 4.09. The summed E-state index contributed by atoms with van der Waals surface area (Å²) in [5, 5.41) is 12.4. The normalized spacial score (nSPS) is 10.7. The molecule has 0 aliphatic carbocycles. The second-order valence-corrected chi connectivity index (χ2v) is 6.29. The van der Waals surface area contributed by atoms with E-state index < -0.39 is 11.5 Å². The lowest BCUT2D eigenvalue weighted by atomic mass is 10.1. The second kappa shape index (κ2) is 8.21. The third-order valence-corrected chi connectivity index (χ3v) is 3.60. The van der Waals surface area contributed by atoms with Gasteiger partial charge in [0.05, 0.1) is 11.3 Å². The van der Waals surface area contributed by atoms with Gasteiger partial charge in [-0.05, 0) is 48.3 Å². The van der Waals surface area contributed by atoms with Crippen LogP contribution in [0.15, 0.2) is 22.7 Å². The molecule has 21 heavy (non-hydrogen) atoms. The number of amides is 1. The Morgan fingerprint density at radius 1 is 1.38 bits per heavy atom. The molecule has 4 heteroatoms. The first-order valence-corrected chi connectivity index (χ1v) is 7.96. The van der Waals surface area contributed by atoms with E-state index in [2.05, 4.69) is 40.0 Å². The number of aliphatic hydroxyl groups is 1. The maximum Gasteiger partial charge on any atom is 0.255 e. The first kappa shape index (κ1) is 17.7. The van der Waals surface area contributed by atoms with E-state index in [-0.39, 0.29) is 0 Å². The van der Waals surface area contributed by atoms with Gasteiger partial charge in [-0.25, -0.2) is 0 Å². The topological polar surface area (TPSA) is 49.3 Å². The van der Waals surface area contributed by atoms with Crippen LogP contribution in [0, 0.1) is 11.8 Å². The lowest BCUT2D eigenvalue weighted by Crippen LogP contribution is -2.36. The summed E-state index contributed by atoms with van der Waals surface area (Å²) in [5.41, 5.74) is -0.0696. The molecule has 0 atom stereocenters. The lowest BCUT2D eigenvalue weighted by Gasteiger charge is -2.17. The van der Waals surface area contributed by atoms with Crippen LogP contribution < -0.4 is 5.32 Å². The van der Waals surface area contributed by atoms with Gasteiger partial charge in [0.15, 0.2) is 0 Å². The van der Waals surface area contributed by atoms with E-state index in [1.165, 1.54) is 26.7 Å². The van der Waals surface area contributed by atoms with Crippen molar-refractivity contribution in [3.63, 3.8) is 0 Å². The average Bonchev–Trinajstić information content (AvgIpc) is 2.40. The molecule has 0 fully saturated rings. The zero-order valence-electron chi connectivity index (χ0n) is 12.8. The Hall–Kier alpha value is -1.31. The molecular formula is C17H22BrNO2. The van der Waals surface area contributed by atoms with Crippen molar-refractivity contribution in [2.45, 2.75) is 52.1 Å². The summed E-state index contributed by atoms with van der Waals surface area (Å²) >= 11 is 3.45. The Balaban J connectivity index is 2.90. The van der Waals surface area contributed by atoms with E-state index in [0.717, 1.165) is 22.9 Å². The molecule has 0 saturated heterocycles. The molecular weight excluding hydrogens is 330 g/mol. The molecule has 3 nitrogen and oxygen atoms in total. The minimum Gasteiger partial charge on any atom is -0.381 e. The molecule has 1 rings (SSSR count). The predicted molar refractivity (Wildman–Crippen MR) is 90.1 cm³/mol. The molecule has 1 aromatic rings. The third-order valence-electron chi connectivity index (χ3n) is 2.94. The number of halogens is 1. The number of carbonyl (C=O) groups excluding carboxylic acids is 1. The van der Waals surface area contributed by atoms with Crippen molar-refractivity contribution in [2.75, 3.05) is 5.32 Å². The number of rotatable bonds is 5. The fraction of sp³-hybridized carbons (Fsp3) is 0.471. The fourth-order valence-electron chi connectivity index (χ4n) is 1.64. The van der Waals surface area contributed by atoms with Crippen LogP contribution in [0.5, 0.6) is 0 Å². The van der Waals surface area contributed by atoms with Crippen molar-refractivity contribution >= 4 is 27.5 Å². The Morgan fingerprint density at radius 3 is 2.71 bits per heavy atom. The van der Waals surface area contributed by atoms with Crippen molar-refractivity contribution < 1.29 is 9.90 Å². The summed E-state index contributed by atoms with van der Waals surface area (Å²) in [6, 6.07) is 5.49. The number of hydrogen-bond acceptors (Lipinski definition) is 2. The third kappa shape index (κ3) is 5.91. The molecule has 0 spiro atoms.